The van der Waals surface area contributed by atoms with E-state index in [0.717, 1.165) is 86.4 Å². The van der Waals surface area contributed by atoms with Crippen LogP contribution in [0.3, 0.4) is 0 Å². The van der Waals surface area contributed by atoms with Gasteiger partial charge in [0.25, 0.3) is 5.91 Å². The average Bonchev–Trinajstić information content (AvgIpc) is 4.36. The maximum atomic E-state index is 15.6. The van der Waals surface area contributed by atoms with Gasteiger partial charge in [0.15, 0.2) is 5.78 Å². The Morgan fingerprint density at radius 1 is 0.418 bits per heavy atom. The molecular weight excluding hydrogens is 1220 g/mol. The number of rotatable bonds is 9. The summed E-state index contributed by atoms with van der Waals surface area (Å²) in [6, 6.07) is 7.25. The molecule has 9 nitrogen and oxygen atoms in total. The molecule has 0 aliphatic carbocycles. The van der Waals surface area contributed by atoms with Crippen LogP contribution in [-0.2, 0) is 14.7 Å². The molecular formula is C58H64N2O7S12. The Labute approximate surface area is 516 Å². The van der Waals surface area contributed by atoms with Crippen LogP contribution in [0, 0.1) is 11.8 Å². The largest absolute Gasteiger partial charge is 0.465 e. The molecule has 21 heteroatoms. The zero-order chi connectivity index (χ0) is 57.4. The summed E-state index contributed by atoms with van der Waals surface area (Å²) >= 11 is 21.1. The summed E-state index contributed by atoms with van der Waals surface area (Å²) < 4.78 is 9.22. The molecule has 4 aromatic carbocycles. The Kier molecular flexibility index (Phi) is 15.2. The number of nitrogens with one attached hydrogen (secondary N) is 1. The first-order valence-electron chi connectivity index (χ1n) is 26.0. The van der Waals surface area contributed by atoms with Crippen molar-refractivity contribution in [2.75, 3.05) is 19.5 Å². The molecule has 2 radical (unpaired) electrons. The number of thioether (sulfide) groups is 12. The van der Waals surface area contributed by atoms with Gasteiger partial charge in [-0.3, -0.25) is 9.59 Å². The van der Waals surface area contributed by atoms with Crippen LogP contribution < -0.4 is 5.32 Å². The third-order valence-electron chi connectivity index (χ3n) is 14.3. The third-order valence-corrected chi connectivity index (χ3v) is 31.3. The summed E-state index contributed by atoms with van der Waals surface area (Å²) in [5, 5.41) is 17.6. The molecule has 1 N–H and O–H groups in total. The van der Waals surface area contributed by atoms with Crippen molar-refractivity contribution in [3.05, 3.63) is 69.1 Å². The number of nitrogens with zero attached hydrogens (tertiary/aromatic N) is 1. The van der Waals surface area contributed by atoms with E-state index in [9.17, 15) is 19.6 Å². The lowest BCUT2D eigenvalue weighted by atomic mass is 9.73. The summed E-state index contributed by atoms with van der Waals surface area (Å²) in [6.45, 7) is 34.4. The lowest BCUT2D eigenvalue weighted by molar-refractivity contribution is -0.291. The number of hydrogen-bond acceptors (Lipinski definition) is 19. The number of piperidine rings is 1. The number of esters is 2. The highest BCUT2D eigenvalue weighted by molar-refractivity contribution is 8.23. The summed E-state index contributed by atoms with van der Waals surface area (Å²) in [5.74, 6) is -0.159. The van der Waals surface area contributed by atoms with Crippen LogP contribution in [0.15, 0.2) is 83.0 Å². The van der Waals surface area contributed by atoms with Gasteiger partial charge in [0.2, 0.25) is 0 Å². The number of ether oxygens (including phenoxy) is 2. The van der Waals surface area contributed by atoms with Gasteiger partial charge in [-0.1, -0.05) is 0 Å². The van der Waals surface area contributed by atoms with Gasteiger partial charge in [0.1, 0.15) is 0 Å². The van der Waals surface area contributed by atoms with Crippen LogP contribution in [-0.4, -0.2) is 78.5 Å². The van der Waals surface area contributed by atoms with Gasteiger partial charge >= 0.3 is 11.9 Å². The van der Waals surface area contributed by atoms with Gasteiger partial charge in [-0.25, -0.2) is 9.59 Å². The SMILES string of the molecule is COC(=O)c1c2c(c([C](c3c4c(c(C(=O)Nc5ccc(C(=O)C6CC(C)(C)N([O])C(C)(C)C6)cc5)c5c3SC(C)(C)S5)SC(C)(C)S4)c3c4c(c(C(=O)OC)c5c3SC(C)(C)S5)SC(C)(C)S4)c3c1SC(C)(C)S3)SC(C)(C)S2. The molecule has 1 fully saturated rings. The van der Waals surface area contributed by atoms with Gasteiger partial charge in [-0.05, 0) is 165 Å². The van der Waals surface area contributed by atoms with E-state index >= 15 is 4.79 Å². The third kappa shape index (κ3) is 10.5. The van der Waals surface area contributed by atoms with Crippen molar-refractivity contribution >= 4 is 170 Å². The van der Waals surface area contributed by atoms with Crippen LogP contribution in [0.4, 0.5) is 5.69 Å². The van der Waals surface area contributed by atoms with Crippen molar-refractivity contribution in [2.24, 2.45) is 5.92 Å². The smallest absolute Gasteiger partial charge is 0.340 e. The molecule has 1 saturated heterocycles. The molecule has 4 aromatic rings. The van der Waals surface area contributed by atoms with E-state index in [1.165, 1.54) is 14.2 Å². The molecule has 0 saturated carbocycles. The topological polar surface area (TPSA) is 122 Å². The highest BCUT2D eigenvalue weighted by Gasteiger charge is 2.55. The summed E-state index contributed by atoms with van der Waals surface area (Å²) in [6.07, 6.45) is 0.927. The van der Waals surface area contributed by atoms with Crippen LogP contribution in [0.2, 0.25) is 0 Å². The fourth-order valence-electron chi connectivity index (χ4n) is 11.7. The number of anilines is 1. The standard InChI is InChI=1S/C58H64N2O7S12/c1-51(2)23-26(24-52(3,4)60(51)65)35(61)25-19-21-27(22-20-25)59-48(62)32-42-36(68-53(5,6)74-42)29(37-43(32)75-54(7,8)69-37)28(30-38-44(76-55(9,10)70-38)33(49(63)66-17)45-39(30)71-56(11,12)77-45)31-40-46(78-57(13,14)72-40)34(50(64)67-18)47-41(31)73-58(15,16)79-47/h19-22,26H,23-24H2,1-18H3,(H,59,62). The lowest BCUT2D eigenvalue weighted by Crippen LogP contribution is -2.59. The number of methoxy groups -OCH3 is 2. The highest BCUT2D eigenvalue weighted by atomic mass is 32.2. The average molecular weight is 1290 g/mol. The quantitative estimate of drug-likeness (QED) is 0.0971. The molecule has 7 heterocycles. The molecule has 0 unspecified atom stereocenters. The van der Waals surface area contributed by atoms with Crippen LogP contribution in [0.5, 0.6) is 0 Å². The number of Topliss-reactive ketones (excluding diaryl/α,β-unsaturated/α-hetero) is 1. The van der Waals surface area contributed by atoms with E-state index in [0.29, 0.717) is 40.8 Å². The van der Waals surface area contributed by atoms with E-state index in [1.54, 1.807) is 153 Å². The maximum absolute atomic E-state index is 15.6. The molecule has 7 aliphatic rings. The number of hydroxylamine groups is 2. The summed E-state index contributed by atoms with van der Waals surface area (Å²) in [7, 11) is 2.95. The number of amides is 1. The molecule has 0 spiro atoms. The molecule has 420 valence electrons. The van der Waals surface area contributed by atoms with Gasteiger partial charge in [0.05, 0.1) is 61.3 Å². The predicted octanol–water partition coefficient (Wildman–Crippen LogP) is 18.9. The molecule has 0 atom stereocenters. The second-order valence-electron chi connectivity index (χ2n) is 24.6. The van der Waals surface area contributed by atoms with Gasteiger partial charge in [0, 0.05) is 87.0 Å². The van der Waals surface area contributed by atoms with Crippen molar-refractivity contribution in [2.45, 2.75) is 218 Å². The Balaban J connectivity index is 1.17. The summed E-state index contributed by atoms with van der Waals surface area (Å²) in [4.78, 5) is 70.3. The number of carbonyl (C=O) groups excluding carboxylic acids is 4. The first-order chi connectivity index (χ1) is 36.5. The molecule has 79 heavy (non-hydrogen) atoms. The zero-order valence-electron chi connectivity index (χ0n) is 47.5. The number of hydrogen-bond donors (Lipinski definition) is 1. The summed E-state index contributed by atoms with van der Waals surface area (Å²) in [5.41, 5.74) is 4.88. The van der Waals surface area contributed by atoms with E-state index in [1.807, 2.05) is 39.8 Å². The fourth-order valence-corrected chi connectivity index (χ4v) is 29.4. The Morgan fingerprint density at radius 3 is 0.937 bits per heavy atom. The first kappa shape index (κ1) is 59.8. The maximum Gasteiger partial charge on any atom is 0.340 e. The molecule has 11 rings (SSSR count). The van der Waals surface area contributed by atoms with Crippen molar-refractivity contribution in [1.29, 1.82) is 0 Å². The van der Waals surface area contributed by atoms with E-state index in [2.05, 4.69) is 88.4 Å². The number of carbonyl (C=O) groups is 4. The van der Waals surface area contributed by atoms with E-state index in [-0.39, 0.29) is 54.0 Å². The van der Waals surface area contributed by atoms with Gasteiger partial charge < -0.3 is 14.8 Å². The minimum Gasteiger partial charge on any atom is -0.465 e. The predicted molar refractivity (Wildman–Crippen MR) is 339 cm³/mol. The lowest BCUT2D eigenvalue weighted by Gasteiger charge is -2.49. The minimum absolute atomic E-state index is 0.00592. The normalized spacial score (nSPS) is 22.7. The Bertz CT molecular complexity index is 3120. The second kappa shape index (κ2) is 20.1. The molecule has 1 amide bonds. The second-order valence-corrected chi connectivity index (χ2v) is 45.7. The van der Waals surface area contributed by atoms with Crippen molar-refractivity contribution < 1.29 is 33.9 Å². The zero-order valence-corrected chi connectivity index (χ0v) is 57.3. The Hall–Kier alpha value is -0.920. The van der Waals surface area contributed by atoms with Crippen LogP contribution in [0.25, 0.3) is 0 Å². The molecule has 0 aromatic heterocycles. The number of benzene rings is 4. The molecule has 0 bridgehead atoms. The van der Waals surface area contributed by atoms with Crippen LogP contribution >= 0.6 is 141 Å². The first-order valence-corrected chi connectivity index (χ1v) is 35.8. The Morgan fingerprint density at radius 2 is 0.671 bits per heavy atom. The highest BCUT2D eigenvalue weighted by Crippen LogP contribution is 2.75. The number of fused-ring (bicyclic) bond motifs is 6. The van der Waals surface area contributed by atoms with Crippen LogP contribution in [0.1, 0.15) is 182 Å². The molecule has 7 aliphatic heterocycles. The van der Waals surface area contributed by atoms with Crippen molar-refractivity contribution in [1.82, 2.24) is 5.06 Å². The number of ketones is 1. The van der Waals surface area contributed by atoms with E-state index < -0.39 is 11.1 Å². The monoisotopic (exact) mass is 1280 g/mol. The van der Waals surface area contributed by atoms with Gasteiger partial charge in [-0.15, -0.1) is 151 Å². The van der Waals surface area contributed by atoms with Crippen molar-refractivity contribution in [3.8, 4) is 0 Å². The van der Waals surface area contributed by atoms with Crippen molar-refractivity contribution in [3.63, 3.8) is 0 Å². The fraction of sp³-hybridized carbons (Fsp3) is 0.500. The van der Waals surface area contributed by atoms with Gasteiger partial charge in [-0.2, -0.15) is 0 Å². The minimum atomic E-state index is -0.682. The van der Waals surface area contributed by atoms with E-state index in [4.69, 9.17) is 9.47 Å².